The number of carboxylic acids is 1. The standard InChI is InChI=1S/C16H10F2O3S/c17-12-5-4-10(16(19)20)11(14(12)18)8-22-13-3-1-2-9-6-7-21-15(9)13/h1-7H,8H2,(H,19,20). The lowest BCUT2D eigenvalue weighted by molar-refractivity contribution is 0.0695. The van der Waals surface area contributed by atoms with Crippen molar-refractivity contribution in [3.63, 3.8) is 0 Å². The number of para-hydroxylation sites is 1. The molecule has 0 aliphatic heterocycles. The van der Waals surface area contributed by atoms with Gasteiger partial charge in [0.1, 0.15) is 5.58 Å². The van der Waals surface area contributed by atoms with Crippen LogP contribution in [0.5, 0.6) is 0 Å². The Morgan fingerprint density at radius 1 is 1.18 bits per heavy atom. The van der Waals surface area contributed by atoms with Crippen molar-refractivity contribution in [3.8, 4) is 0 Å². The van der Waals surface area contributed by atoms with E-state index in [4.69, 9.17) is 9.52 Å². The molecule has 0 fully saturated rings. The molecule has 1 N–H and O–H groups in total. The number of carbonyl (C=O) groups is 1. The van der Waals surface area contributed by atoms with Crippen molar-refractivity contribution in [2.24, 2.45) is 0 Å². The van der Waals surface area contributed by atoms with Gasteiger partial charge < -0.3 is 9.52 Å². The van der Waals surface area contributed by atoms with E-state index in [0.717, 1.165) is 22.4 Å². The number of halogens is 2. The summed E-state index contributed by atoms with van der Waals surface area (Å²) in [6.07, 6.45) is 1.54. The van der Waals surface area contributed by atoms with Gasteiger partial charge in [0.25, 0.3) is 0 Å². The number of furan rings is 1. The average Bonchev–Trinajstić information content (AvgIpc) is 2.97. The molecule has 1 aromatic heterocycles. The third-order valence-corrected chi connectivity index (χ3v) is 4.31. The fourth-order valence-corrected chi connectivity index (χ4v) is 3.22. The predicted molar refractivity (Wildman–Crippen MR) is 79.1 cm³/mol. The van der Waals surface area contributed by atoms with Gasteiger partial charge in [0.15, 0.2) is 11.6 Å². The molecular weight excluding hydrogens is 310 g/mol. The fourth-order valence-electron chi connectivity index (χ4n) is 2.16. The van der Waals surface area contributed by atoms with Gasteiger partial charge in [-0.25, -0.2) is 13.6 Å². The molecule has 0 unspecified atom stereocenters. The number of rotatable bonds is 4. The third kappa shape index (κ3) is 2.57. The van der Waals surface area contributed by atoms with Crippen molar-refractivity contribution >= 4 is 28.7 Å². The van der Waals surface area contributed by atoms with E-state index in [1.165, 1.54) is 11.8 Å². The van der Waals surface area contributed by atoms with Gasteiger partial charge in [-0.15, -0.1) is 11.8 Å². The lowest BCUT2D eigenvalue weighted by Gasteiger charge is -2.08. The highest BCUT2D eigenvalue weighted by Gasteiger charge is 2.18. The Morgan fingerprint density at radius 3 is 2.77 bits per heavy atom. The summed E-state index contributed by atoms with van der Waals surface area (Å²) in [5.41, 5.74) is 0.236. The highest BCUT2D eigenvalue weighted by atomic mass is 32.2. The number of fused-ring (bicyclic) bond motifs is 1. The van der Waals surface area contributed by atoms with Crippen molar-refractivity contribution in [2.45, 2.75) is 10.6 Å². The summed E-state index contributed by atoms with van der Waals surface area (Å²) in [6.45, 7) is 0. The first-order valence-electron chi connectivity index (χ1n) is 6.37. The number of aromatic carboxylic acids is 1. The molecule has 0 bridgehead atoms. The van der Waals surface area contributed by atoms with Crippen LogP contribution in [-0.2, 0) is 5.75 Å². The van der Waals surface area contributed by atoms with Crippen LogP contribution in [0.1, 0.15) is 15.9 Å². The number of benzene rings is 2. The zero-order valence-corrected chi connectivity index (χ0v) is 12.0. The molecule has 3 aromatic rings. The zero-order valence-electron chi connectivity index (χ0n) is 11.2. The zero-order chi connectivity index (χ0) is 15.7. The van der Waals surface area contributed by atoms with Gasteiger partial charge in [0.05, 0.1) is 16.7 Å². The van der Waals surface area contributed by atoms with E-state index in [2.05, 4.69) is 0 Å². The molecule has 3 nitrogen and oxygen atoms in total. The molecule has 0 aliphatic rings. The van der Waals surface area contributed by atoms with Crippen molar-refractivity contribution < 1.29 is 23.1 Å². The molecule has 6 heteroatoms. The highest BCUT2D eigenvalue weighted by molar-refractivity contribution is 7.98. The Balaban J connectivity index is 1.95. The van der Waals surface area contributed by atoms with E-state index in [-0.39, 0.29) is 16.9 Å². The lowest BCUT2D eigenvalue weighted by Crippen LogP contribution is -2.06. The normalized spacial score (nSPS) is 11.0. The molecule has 3 rings (SSSR count). The highest BCUT2D eigenvalue weighted by Crippen LogP contribution is 2.32. The van der Waals surface area contributed by atoms with Crippen molar-refractivity contribution in [3.05, 3.63) is 65.4 Å². The average molecular weight is 320 g/mol. The molecule has 0 saturated carbocycles. The van der Waals surface area contributed by atoms with Gasteiger partial charge in [0.2, 0.25) is 0 Å². The Kier molecular flexibility index (Phi) is 3.85. The van der Waals surface area contributed by atoms with Crippen LogP contribution in [0.3, 0.4) is 0 Å². The molecule has 0 aliphatic carbocycles. The van der Waals surface area contributed by atoms with Gasteiger partial charge in [0, 0.05) is 16.7 Å². The number of hydrogen-bond acceptors (Lipinski definition) is 3. The van der Waals surface area contributed by atoms with E-state index in [0.29, 0.717) is 5.58 Å². The molecule has 1 heterocycles. The SMILES string of the molecule is O=C(O)c1ccc(F)c(F)c1CSc1cccc2ccoc12. The maximum atomic E-state index is 13.9. The maximum absolute atomic E-state index is 13.9. The van der Waals surface area contributed by atoms with Gasteiger partial charge in [-0.3, -0.25) is 0 Å². The van der Waals surface area contributed by atoms with Gasteiger partial charge in [-0.1, -0.05) is 12.1 Å². The van der Waals surface area contributed by atoms with Crippen molar-refractivity contribution in [1.29, 1.82) is 0 Å². The number of carboxylic acid groups (broad SMARTS) is 1. The Morgan fingerprint density at radius 2 is 2.00 bits per heavy atom. The summed E-state index contributed by atoms with van der Waals surface area (Å²) < 4.78 is 32.6. The van der Waals surface area contributed by atoms with E-state index in [9.17, 15) is 13.6 Å². The second kappa shape index (κ2) is 5.81. The number of hydrogen-bond donors (Lipinski definition) is 1. The minimum Gasteiger partial charge on any atom is -0.478 e. The van der Waals surface area contributed by atoms with Crippen LogP contribution >= 0.6 is 11.8 Å². The summed E-state index contributed by atoms with van der Waals surface area (Å²) in [5, 5.41) is 9.99. The first-order chi connectivity index (χ1) is 10.6. The second-order valence-electron chi connectivity index (χ2n) is 4.58. The van der Waals surface area contributed by atoms with Crippen LogP contribution in [0, 0.1) is 11.6 Å². The van der Waals surface area contributed by atoms with E-state index >= 15 is 0 Å². The first-order valence-corrected chi connectivity index (χ1v) is 7.35. The minimum atomic E-state index is -1.29. The largest absolute Gasteiger partial charge is 0.478 e. The quantitative estimate of drug-likeness (QED) is 0.708. The Bertz CT molecular complexity index is 858. The first kappa shape index (κ1) is 14.6. The molecule has 22 heavy (non-hydrogen) atoms. The van der Waals surface area contributed by atoms with Crippen molar-refractivity contribution in [2.75, 3.05) is 0 Å². The predicted octanol–water partition coefficient (Wildman–Crippen LogP) is 4.70. The smallest absolute Gasteiger partial charge is 0.336 e. The summed E-state index contributed by atoms with van der Waals surface area (Å²) in [4.78, 5) is 11.9. The van der Waals surface area contributed by atoms with Crippen LogP contribution < -0.4 is 0 Å². The van der Waals surface area contributed by atoms with Gasteiger partial charge in [-0.2, -0.15) is 0 Å². The minimum absolute atomic E-state index is 0.00889. The summed E-state index contributed by atoms with van der Waals surface area (Å²) in [6, 6.07) is 9.16. The molecule has 0 atom stereocenters. The molecule has 0 amide bonds. The Labute approximate surface area is 128 Å². The second-order valence-corrected chi connectivity index (χ2v) is 5.59. The summed E-state index contributed by atoms with van der Waals surface area (Å²) in [7, 11) is 0. The third-order valence-electron chi connectivity index (χ3n) is 3.24. The fraction of sp³-hybridized carbons (Fsp3) is 0.0625. The molecule has 0 radical (unpaired) electrons. The van der Waals surface area contributed by atoms with Crippen molar-refractivity contribution in [1.82, 2.24) is 0 Å². The molecule has 2 aromatic carbocycles. The van der Waals surface area contributed by atoms with E-state index in [1.54, 1.807) is 18.4 Å². The van der Waals surface area contributed by atoms with Crippen LogP contribution in [-0.4, -0.2) is 11.1 Å². The number of thioether (sulfide) groups is 1. The van der Waals surface area contributed by atoms with Crippen LogP contribution in [0.2, 0.25) is 0 Å². The molecule has 0 saturated heterocycles. The van der Waals surface area contributed by atoms with E-state index in [1.807, 2.05) is 12.1 Å². The van der Waals surface area contributed by atoms with Crippen LogP contribution in [0.4, 0.5) is 8.78 Å². The molecular formula is C16H10F2O3S. The monoisotopic (exact) mass is 320 g/mol. The molecule has 112 valence electrons. The summed E-state index contributed by atoms with van der Waals surface area (Å²) >= 11 is 1.20. The lowest BCUT2D eigenvalue weighted by atomic mass is 10.1. The van der Waals surface area contributed by atoms with Gasteiger partial charge >= 0.3 is 5.97 Å². The van der Waals surface area contributed by atoms with Gasteiger partial charge in [-0.05, 0) is 24.3 Å². The topological polar surface area (TPSA) is 50.4 Å². The van der Waals surface area contributed by atoms with E-state index < -0.39 is 17.6 Å². The van der Waals surface area contributed by atoms with Crippen LogP contribution in [0.15, 0.2) is 52.0 Å². The Hall–Kier alpha value is -2.34. The van der Waals surface area contributed by atoms with Crippen LogP contribution in [0.25, 0.3) is 11.0 Å². The summed E-state index contributed by atoms with van der Waals surface area (Å²) in [5.74, 6) is -3.48. The maximum Gasteiger partial charge on any atom is 0.336 e. The molecule has 0 spiro atoms.